The van der Waals surface area contributed by atoms with Gasteiger partial charge in [0.05, 0.1) is 18.3 Å². The molecule has 1 aromatic carbocycles. The lowest BCUT2D eigenvalue weighted by molar-refractivity contribution is 0.229. The summed E-state index contributed by atoms with van der Waals surface area (Å²) in [4.78, 5) is 11.3. The quantitative estimate of drug-likeness (QED) is 0.764. The summed E-state index contributed by atoms with van der Waals surface area (Å²) >= 11 is 5.65. The first-order chi connectivity index (χ1) is 7.52. The second-order valence-corrected chi connectivity index (χ2v) is 3.74. The van der Waals surface area contributed by atoms with Crippen LogP contribution in [0.15, 0.2) is 18.2 Å². The minimum Gasteiger partial charge on any atom is -0.394 e. The Kier molecular flexibility index (Phi) is 4.52. The molecular formula is C10H12ClFN2O2. The van der Waals surface area contributed by atoms with Crippen LogP contribution in [0.5, 0.6) is 0 Å². The number of anilines is 1. The van der Waals surface area contributed by atoms with Gasteiger partial charge < -0.3 is 15.7 Å². The zero-order valence-electron chi connectivity index (χ0n) is 8.63. The van der Waals surface area contributed by atoms with Crippen LogP contribution in [0.4, 0.5) is 14.9 Å². The number of amides is 2. The second-order valence-electron chi connectivity index (χ2n) is 3.31. The average Bonchev–Trinajstić information content (AvgIpc) is 2.23. The van der Waals surface area contributed by atoms with Gasteiger partial charge in [-0.3, -0.25) is 0 Å². The zero-order valence-corrected chi connectivity index (χ0v) is 9.38. The molecule has 6 heteroatoms. The molecule has 3 N–H and O–H groups in total. The Morgan fingerprint density at radius 1 is 1.62 bits per heavy atom. The van der Waals surface area contributed by atoms with E-state index in [9.17, 15) is 9.18 Å². The first-order valence-corrected chi connectivity index (χ1v) is 5.04. The number of rotatable bonds is 3. The first kappa shape index (κ1) is 12.7. The number of urea groups is 1. The summed E-state index contributed by atoms with van der Waals surface area (Å²) in [5.41, 5.74) is -0.00450. The molecule has 0 aliphatic rings. The van der Waals surface area contributed by atoms with Gasteiger partial charge in [0.15, 0.2) is 0 Å². The van der Waals surface area contributed by atoms with Crippen molar-refractivity contribution in [2.24, 2.45) is 0 Å². The standard InChI is InChI=1S/C10H12ClFN2O2/c1-6(5-15)13-10(16)14-9-4-7(11)2-3-8(9)12/h2-4,6,15H,5H2,1H3,(H2,13,14,16). The predicted octanol–water partition coefficient (Wildman–Crippen LogP) is 1.98. The largest absolute Gasteiger partial charge is 0.394 e. The van der Waals surface area contributed by atoms with Crippen molar-refractivity contribution in [1.82, 2.24) is 5.32 Å². The van der Waals surface area contributed by atoms with Crippen molar-refractivity contribution in [3.63, 3.8) is 0 Å². The van der Waals surface area contributed by atoms with Crippen LogP contribution >= 0.6 is 11.6 Å². The van der Waals surface area contributed by atoms with Crippen LogP contribution in [0.3, 0.4) is 0 Å². The van der Waals surface area contributed by atoms with E-state index in [0.29, 0.717) is 5.02 Å². The maximum Gasteiger partial charge on any atom is 0.319 e. The fraction of sp³-hybridized carbons (Fsp3) is 0.300. The Balaban J connectivity index is 2.65. The molecule has 0 saturated carbocycles. The fourth-order valence-electron chi connectivity index (χ4n) is 1.02. The molecule has 2 amide bonds. The number of nitrogens with one attached hydrogen (secondary N) is 2. The van der Waals surface area contributed by atoms with Crippen LogP contribution in [-0.2, 0) is 0 Å². The number of carbonyl (C=O) groups excluding carboxylic acids is 1. The molecular weight excluding hydrogens is 235 g/mol. The molecule has 0 spiro atoms. The van der Waals surface area contributed by atoms with Gasteiger partial charge in [0.2, 0.25) is 0 Å². The van der Waals surface area contributed by atoms with Gasteiger partial charge >= 0.3 is 6.03 Å². The highest BCUT2D eigenvalue weighted by Gasteiger charge is 2.09. The summed E-state index contributed by atoms with van der Waals surface area (Å²) in [6.07, 6.45) is 0. The van der Waals surface area contributed by atoms with Crippen LogP contribution in [0.2, 0.25) is 5.02 Å². The van der Waals surface area contributed by atoms with Crippen LogP contribution in [0.1, 0.15) is 6.92 Å². The SMILES string of the molecule is CC(CO)NC(=O)Nc1cc(Cl)ccc1F. The molecule has 0 radical (unpaired) electrons. The average molecular weight is 247 g/mol. The predicted molar refractivity (Wildman–Crippen MR) is 60.1 cm³/mol. The molecule has 0 aromatic heterocycles. The number of aliphatic hydroxyl groups excluding tert-OH is 1. The van der Waals surface area contributed by atoms with Crippen LogP contribution < -0.4 is 10.6 Å². The third-order valence-electron chi connectivity index (χ3n) is 1.83. The lowest BCUT2D eigenvalue weighted by Crippen LogP contribution is -2.38. The van der Waals surface area contributed by atoms with Crippen LogP contribution in [0.25, 0.3) is 0 Å². The summed E-state index contributed by atoms with van der Waals surface area (Å²) < 4.78 is 13.2. The summed E-state index contributed by atoms with van der Waals surface area (Å²) in [6, 6.07) is 2.86. The topological polar surface area (TPSA) is 61.4 Å². The highest BCUT2D eigenvalue weighted by Crippen LogP contribution is 2.19. The lowest BCUT2D eigenvalue weighted by Gasteiger charge is -2.12. The van der Waals surface area contributed by atoms with Gasteiger partial charge in [-0.2, -0.15) is 0 Å². The van der Waals surface area contributed by atoms with Gasteiger partial charge in [-0.05, 0) is 25.1 Å². The van der Waals surface area contributed by atoms with E-state index in [1.165, 1.54) is 12.1 Å². The van der Waals surface area contributed by atoms with Crippen molar-refractivity contribution in [3.05, 3.63) is 29.0 Å². The number of aliphatic hydroxyl groups is 1. The van der Waals surface area contributed by atoms with Crippen molar-refractivity contribution in [3.8, 4) is 0 Å². The fourth-order valence-corrected chi connectivity index (χ4v) is 1.19. The number of hydrogen-bond donors (Lipinski definition) is 3. The van der Waals surface area contributed by atoms with E-state index in [1.54, 1.807) is 6.92 Å². The van der Waals surface area contributed by atoms with Crippen molar-refractivity contribution in [2.45, 2.75) is 13.0 Å². The molecule has 0 fully saturated rings. The molecule has 1 unspecified atom stereocenters. The summed E-state index contributed by atoms with van der Waals surface area (Å²) in [7, 11) is 0. The minimum absolute atomic E-state index is 0.00450. The third-order valence-corrected chi connectivity index (χ3v) is 2.06. The number of hydrogen-bond acceptors (Lipinski definition) is 2. The smallest absolute Gasteiger partial charge is 0.319 e. The van der Waals surface area contributed by atoms with Gasteiger partial charge in [-0.15, -0.1) is 0 Å². The number of carbonyl (C=O) groups is 1. The summed E-state index contributed by atoms with van der Waals surface area (Å²) in [5, 5.41) is 13.7. The Hall–Kier alpha value is -1.33. The Bertz CT molecular complexity index is 387. The van der Waals surface area contributed by atoms with Crippen LogP contribution in [-0.4, -0.2) is 23.8 Å². The molecule has 0 heterocycles. The van der Waals surface area contributed by atoms with E-state index in [4.69, 9.17) is 16.7 Å². The molecule has 1 atom stereocenters. The number of halogens is 2. The third kappa shape index (κ3) is 3.67. The van der Waals surface area contributed by atoms with Gasteiger partial charge in [0, 0.05) is 5.02 Å². The van der Waals surface area contributed by atoms with Gasteiger partial charge in [0.1, 0.15) is 5.82 Å². The summed E-state index contributed by atoms with van der Waals surface area (Å²) in [5.74, 6) is -0.573. The van der Waals surface area contributed by atoms with Crippen molar-refractivity contribution in [1.29, 1.82) is 0 Å². The van der Waals surface area contributed by atoms with E-state index in [0.717, 1.165) is 6.07 Å². The molecule has 1 rings (SSSR count). The van der Waals surface area contributed by atoms with E-state index >= 15 is 0 Å². The minimum atomic E-state index is -0.595. The highest BCUT2D eigenvalue weighted by molar-refractivity contribution is 6.30. The van der Waals surface area contributed by atoms with E-state index in [1.807, 2.05) is 0 Å². The van der Waals surface area contributed by atoms with Gasteiger partial charge in [-0.1, -0.05) is 11.6 Å². The van der Waals surface area contributed by atoms with E-state index in [-0.39, 0.29) is 12.3 Å². The molecule has 0 bridgehead atoms. The van der Waals surface area contributed by atoms with Gasteiger partial charge in [-0.25, -0.2) is 9.18 Å². The van der Waals surface area contributed by atoms with Crippen molar-refractivity contribution in [2.75, 3.05) is 11.9 Å². The Morgan fingerprint density at radius 2 is 2.31 bits per heavy atom. The van der Waals surface area contributed by atoms with E-state index < -0.39 is 17.9 Å². The highest BCUT2D eigenvalue weighted by atomic mass is 35.5. The normalized spacial score (nSPS) is 12.0. The molecule has 0 aliphatic carbocycles. The maximum absolute atomic E-state index is 13.2. The molecule has 0 saturated heterocycles. The Labute approximate surface area is 97.4 Å². The van der Waals surface area contributed by atoms with Crippen molar-refractivity contribution >= 4 is 23.3 Å². The zero-order chi connectivity index (χ0) is 12.1. The molecule has 0 aliphatic heterocycles. The second kappa shape index (κ2) is 5.67. The monoisotopic (exact) mass is 246 g/mol. The molecule has 88 valence electrons. The molecule has 1 aromatic rings. The van der Waals surface area contributed by atoms with Gasteiger partial charge in [0.25, 0.3) is 0 Å². The molecule has 4 nitrogen and oxygen atoms in total. The first-order valence-electron chi connectivity index (χ1n) is 4.66. The molecule has 16 heavy (non-hydrogen) atoms. The lowest BCUT2D eigenvalue weighted by atomic mass is 10.3. The Morgan fingerprint density at radius 3 is 2.94 bits per heavy atom. The van der Waals surface area contributed by atoms with Crippen molar-refractivity contribution < 1.29 is 14.3 Å². The summed E-state index contributed by atoms with van der Waals surface area (Å²) in [6.45, 7) is 1.43. The number of benzene rings is 1. The maximum atomic E-state index is 13.2. The van der Waals surface area contributed by atoms with Crippen LogP contribution in [0, 0.1) is 5.82 Å². The van der Waals surface area contributed by atoms with E-state index in [2.05, 4.69) is 10.6 Å².